The van der Waals surface area contributed by atoms with Crippen LogP contribution in [0.4, 0.5) is 11.8 Å². The van der Waals surface area contributed by atoms with Crippen LogP contribution in [0.1, 0.15) is 12.8 Å². The van der Waals surface area contributed by atoms with Crippen LogP contribution in [0.3, 0.4) is 0 Å². The van der Waals surface area contributed by atoms with Gasteiger partial charge in [0.2, 0.25) is 5.95 Å². The molecule has 1 aliphatic rings. The molecule has 0 spiro atoms. The van der Waals surface area contributed by atoms with Gasteiger partial charge in [-0.3, -0.25) is 0 Å². The first-order valence-electron chi connectivity index (χ1n) is 5.73. The number of rotatable bonds is 3. The van der Waals surface area contributed by atoms with E-state index in [2.05, 4.69) is 30.8 Å². The molecule has 0 radical (unpaired) electrons. The van der Waals surface area contributed by atoms with E-state index in [1.165, 1.54) is 6.42 Å². The number of nitrogen functional groups attached to an aromatic ring is 1. The molecule has 2 rings (SSSR count). The highest BCUT2D eigenvalue weighted by atomic mass is 79.9. The molecule has 94 valence electrons. The van der Waals surface area contributed by atoms with Gasteiger partial charge in [0, 0.05) is 26.4 Å². The third-order valence-corrected chi connectivity index (χ3v) is 3.45. The zero-order valence-electron chi connectivity index (χ0n) is 9.90. The molecule has 5 nitrogen and oxygen atoms in total. The van der Waals surface area contributed by atoms with E-state index in [1.54, 1.807) is 6.20 Å². The van der Waals surface area contributed by atoms with Crippen molar-refractivity contribution < 1.29 is 4.74 Å². The van der Waals surface area contributed by atoms with Crippen LogP contribution < -0.4 is 10.6 Å². The van der Waals surface area contributed by atoms with E-state index in [1.807, 2.05) is 7.05 Å². The summed E-state index contributed by atoms with van der Waals surface area (Å²) in [6.45, 7) is 2.65. The SMILES string of the molecule is CN(CC1CCCOC1)c1nc(N)ncc1Br. The van der Waals surface area contributed by atoms with Gasteiger partial charge >= 0.3 is 0 Å². The number of anilines is 2. The Balaban J connectivity index is 2.02. The Bertz CT molecular complexity index is 382. The van der Waals surface area contributed by atoms with Crippen LogP contribution in [0.15, 0.2) is 10.7 Å². The molecule has 1 unspecified atom stereocenters. The minimum Gasteiger partial charge on any atom is -0.381 e. The normalized spacial score (nSPS) is 20.2. The number of hydrogen-bond acceptors (Lipinski definition) is 5. The predicted molar refractivity (Wildman–Crippen MR) is 71.0 cm³/mol. The number of ether oxygens (including phenoxy) is 1. The zero-order chi connectivity index (χ0) is 12.3. The predicted octanol–water partition coefficient (Wildman–Crippen LogP) is 1.68. The van der Waals surface area contributed by atoms with Gasteiger partial charge in [-0.05, 0) is 34.7 Å². The molecule has 1 saturated heterocycles. The molecule has 1 aromatic rings. The van der Waals surface area contributed by atoms with Gasteiger partial charge in [-0.15, -0.1) is 0 Å². The van der Waals surface area contributed by atoms with Gasteiger partial charge in [0.15, 0.2) is 0 Å². The molecule has 17 heavy (non-hydrogen) atoms. The topological polar surface area (TPSA) is 64.3 Å². The Hall–Kier alpha value is -0.880. The molecular formula is C11H17BrN4O. The molecule has 1 fully saturated rings. The van der Waals surface area contributed by atoms with Crippen molar-refractivity contribution in [2.24, 2.45) is 5.92 Å². The minimum atomic E-state index is 0.301. The molecule has 1 aliphatic heterocycles. The van der Waals surface area contributed by atoms with Crippen molar-refractivity contribution in [3.8, 4) is 0 Å². The van der Waals surface area contributed by atoms with E-state index in [0.717, 1.165) is 36.5 Å². The monoisotopic (exact) mass is 300 g/mol. The Labute approximate surface area is 110 Å². The minimum absolute atomic E-state index is 0.301. The lowest BCUT2D eigenvalue weighted by atomic mass is 10.0. The summed E-state index contributed by atoms with van der Waals surface area (Å²) in [5, 5.41) is 0. The molecule has 0 aliphatic carbocycles. The van der Waals surface area contributed by atoms with Gasteiger partial charge in [0.1, 0.15) is 5.82 Å². The fraction of sp³-hybridized carbons (Fsp3) is 0.636. The van der Waals surface area contributed by atoms with Crippen molar-refractivity contribution >= 4 is 27.7 Å². The molecule has 1 atom stereocenters. The van der Waals surface area contributed by atoms with E-state index in [0.29, 0.717) is 11.9 Å². The maximum atomic E-state index is 5.60. The molecule has 0 aromatic carbocycles. The number of aromatic nitrogens is 2. The fourth-order valence-electron chi connectivity index (χ4n) is 2.06. The highest BCUT2D eigenvalue weighted by Crippen LogP contribution is 2.24. The van der Waals surface area contributed by atoms with Gasteiger partial charge in [0.25, 0.3) is 0 Å². The van der Waals surface area contributed by atoms with Crippen LogP contribution in [0.5, 0.6) is 0 Å². The van der Waals surface area contributed by atoms with E-state index in [9.17, 15) is 0 Å². The van der Waals surface area contributed by atoms with Crippen molar-refractivity contribution in [3.05, 3.63) is 10.7 Å². The smallest absolute Gasteiger partial charge is 0.222 e. The Morgan fingerprint density at radius 1 is 1.65 bits per heavy atom. The van der Waals surface area contributed by atoms with Crippen LogP contribution in [-0.2, 0) is 4.74 Å². The van der Waals surface area contributed by atoms with Gasteiger partial charge in [-0.1, -0.05) is 0 Å². The molecule has 2 heterocycles. The standard InChI is InChI=1S/C11H17BrN4O/c1-16(6-8-3-2-4-17-7-8)10-9(12)5-14-11(13)15-10/h5,8H,2-4,6-7H2,1H3,(H2,13,14,15). The third-order valence-electron chi connectivity index (χ3n) is 2.89. The largest absolute Gasteiger partial charge is 0.381 e. The molecule has 0 amide bonds. The molecule has 6 heteroatoms. The summed E-state index contributed by atoms with van der Waals surface area (Å²) < 4.78 is 6.34. The summed E-state index contributed by atoms with van der Waals surface area (Å²) in [5.74, 6) is 1.70. The average Bonchev–Trinajstić information content (AvgIpc) is 2.33. The Morgan fingerprint density at radius 2 is 2.47 bits per heavy atom. The second kappa shape index (κ2) is 5.64. The van der Waals surface area contributed by atoms with Crippen molar-refractivity contribution in [2.75, 3.05) is 37.4 Å². The fourth-order valence-corrected chi connectivity index (χ4v) is 2.56. The maximum absolute atomic E-state index is 5.60. The maximum Gasteiger partial charge on any atom is 0.222 e. The first kappa shape index (κ1) is 12.6. The van der Waals surface area contributed by atoms with Crippen molar-refractivity contribution in [1.29, 1.82) is 0 Å². The van der Waals surface area contributed by atoms with Crippen LogP contribution >= 0.6 is 15.9 Å². The van der Waals surface area contributed by atoms with Crippen molar-refractivity contribution in [3.63, 3.8) is 0 Å². The summed E-state index contributed by atoms with van der Waals surface area (Å²) in [7, 11) is 2.02. The molecule has 1 aromatic heterocycles. The number of nitrogens with two attached hydrogens (primary N) is 1. The van der Waals surface area contributed by atoms with E-state index in [-0.39, 0.29) is 0 Å². The lowest BCUT2D eigenvalue weighted by Gasteiger charge is -2.28. The Kier molecular flexibility index (Phi) is 4.17. The molecular weight excluding hydrogens is 284 g/mol. The summed E-state index contributed by atoms with van der Waals surface area (Å²) in [6.07, 6.45) is 4.04. The van der Waals surface area contributed by atoms with Crippen molar-refractivity contribution in [2.45, 2.75) is 12.8 Å². The van der Waals surface area contributed by atoms with Gasteiger partial charge < -0.3 is 15.4 Å². The first-order valence-corrected chi connectivity index (χ1v) is 6.53. The summed E-state index contributed by atoms with van der Waals surface area (Å²) in [4.78, 5) is 10.3. The zero-order valence-corrected chi connectivity index (χ0v) is 11.5. The van der Waals surface area contributed by atoms with E-state index >= 15 is 0 Å². The lowest BCUT2D eigenvalue weighted by molar-refractivity contribution is 0.0576. The number of nitrogens with zero attached hydrogens (tertiary/aromatic N) is 3. The van der Waals surface area contributed by atoms with E-state index in [4.69, 9.17) is 10.5 Å². The van der Waals surface area contributed by atoms with Gasteiger partial charge in [0.05, 0.1) is 11.1 Å². The summed E-state index contributed by atoms with van der Waals surface area (Å²) >= 11 is 3.44. The quantitative estimate of drug-likeness (QED) is 0.920. The van der Waals surface area contributed by atoms with Crippen LogP contribution in [0.2, 0.25) is 0 Å². The molecule has 2 N–H and O–H groups in total. The summed E-state index contributed by atoms with van der Waals surface area (Å²) in [6, 6.07) is 0. The number of halogens is 1. The lowest BCUT2D eigenvalue weighted by Crippen LogP contribution is -2.31. The highest BCUT2D eigenvalue weighted by molar-refractivity contribution is 9.10. The van der Waals surface area contributed by atoms with Crippen LogP contribution in [0, 0.1) is 5.92 Å². The second-order valence-corrected chi connectivity index (χ2v) is 5.22. The van der Waals surface area contributed by atoms with Gasteiger partial charge in [-0.2, -0.15) is 4.98 Å². The number of hydrogen-bond donors (Lipinski definition) is 1. The summed E-state index contributed by atoms with van der Waals surface area (Å²) in [5.41, 5.74) is 5.60. The van der Waals surface area contributed by atoms with Crippen LogP contribution in [-0.4, -0.2) is 36.8 Å². The third kappa shape index (κ3) is 3.29. The van der Waals surface area contributed by atoms with Crippen molar-refractivity contribution in [1.82, 2.24) is 9.97 Å². The Morgan fingerprint density at radius 3 is 3.18 bits per heavy atom. The van der Waals surface area contributed by atoms with Gasteiger partial charge in [-0.25, -0.2) is 4.98 Å². The van der Waals surface area contributed by atoms with E-state index < -0.39 is 0 Å². The second-order valence-electron chi connectivity index (χ2n) is 4.36. The van der Waals surface area contributed by atoms with Crippen LogP contribution in [0.25, 0.3) is 0 Å². The highest BCUT2D eigenvalue weighted by Gasteiger charge is 2.18. The first-order chi connectivity index (χ1) is 8.16. The average molecular weight is 301 g/mol. The molecule has 0 bridgehead atoms. The molecule has 0 saturated carbocycles.